The van der Waals surface area contributed by atoms with Crippen LogP contribution in [0.2, 0.25) is 0 Å². The number of alkyl halides is 3. The Hall–Kier alpha value is -3.48. The fraction of sp³-hybridized carbons (Fsp3) is 0.522. The molecule has 0 atom stereocenters. The average Bonchev–Trinajstić information content (AvgIpc) is 3.35. The molecular weight excluding hydrogens is 479 g/mol. The van der Waals surface area contributed by atoms with Crippen LogP contribution in [0, 0.1) is 5.41 Å². The largest absolute Gasteiger partial charge is 0.478 e. The second-order valence-corrected chi connectivity index (χ2v) is 9.59. The van der Waals surface area contributed by atoms with Crippen LogP contribution in [-0.2, 0) is 15.7 Å². The summed E-state index contributed by atoms with van der Waals surface area (Å²) in [5, 5.41) is 4.50. The lowest BCUT2D eigenvalue weighted by Gasteiger charge is -2.39. The second kappa shape index (κ2) is 8.29. The fourth-order valence-electron chi connectivity index (χ4n) is 5.17. The maximum Gasteiger partial charge on any atom is 0.433 e. The summed E-state index contributed by atoms with van der Waals surface area (Å²) in [6.45, 7) is 2.96. The Balaban J connectivity index is 1.17. The number of pyridine rings is 1. The number of aromatic nitrogens is 5. The van der Waals surface area contributed by atoms with Gasteiger partial charge in [0.1, 0.15) is 17.6 Å². The van der Waals surface area contributed by atoms with Gasteiger partial charge in [0, 0.05) is 31.5 Å². The van der Waals surface area contributed by atoms with Crippen molar-refractivity contribution in [1.82, 2.24) is 24.7 Å². The molecule has 3 aromatic heterocycles. The molecule has 0 unspecified atom stereocenters. The third kappa shape index (κ3) is 3.81. The van der Waals surface area contributed by atoms with Gasteiger partial charge in [0.05, 0.1) is 38.4 Å². The summed E-state index contributed by atoms with van der Waals surface area (Å²) in [5.74, 6) is 1.07. The van der Waals surface area contributed by atoms with Crippen LogP contribution in [0.1, 0.15) is 31.0 Å². The van der Waals surface area contributed by atoms with E-state index >= 15 is 0 Å². The molecule has 0 saturated carbocycles. The lowest BCUT2D eigenvalue weighted by molar-refractivity contribution is -0.141. The molecule has 0 radical (unpaired) electrons. The Morgan fingerprint density at radius 3 is 2.53 bits per heavy atom. The number of methoxy groups -OCH3 is 1. The Kier molecular flexibility index (Phi) is 5.28. The van der Waals surface area contributed by atoms with E-state index in [0.717, 1.165) is 30.9 Å². The Labute approximate surface area is 204 Å². The molecule has 10 nitrogen and oxygen atoms in total. The number of fused-ring (bicyclic) bond motifs is 1. The van der Waals surface area contributed by atoms with E-state index in [2.05, 4.69) is 20.0 Å². The Morgan fingerprint density at radius 2 is 1.92 bits per heavy atom. The predicted octanol–water partition coefficient (Wildman–Crippen LogP) is 2.84. The van der Waals surface area contributed by atoms with Gasteiger partial charge >= 0.3 is 6.18 Å². The van der Waals surface area contributed by atoms with E-state index in [0.29, 0.717) is 62.0 Å². The quantitative estimate of drug-likeness (QED) is 0.536. The summed E-state index contributed by atoms with van der Waals surface area (Å²) in [5.41, 5.74) is 0.439. The minimum absolute atomic E-state index is 0.0927. The summed E-state index contributed by atoms with van der Waals surface area (Å²) in [6.07, 6.45) is 0.195. The van der Waals surface area contributed by atoms with Gasteiger partial charge in [0.2, 0.25) is 5.91 Å². The van der Waals surface area contributed by atoms with Crippen molar-refractivity contribution in [3.63, 3.8) is 0 Å². The van der Waals surface area contributed by atoms with Gasteiger partial charge in [-0.15, -0.1) is 5.10 Å². The molecule has 3 aromatic rings. The summed E-state index contributed by atoms with van der Waals surface area (Å²) >= 11 is 0. The van der Waals surface area contributed by atoms with Crippen LogP contribution in [0.15, 0.2) is 24.5 Å². The van der Waals surface area contributed by atoms with Crippen molar-refractivity contribution >= 4 is 28.6 Å². The number of carbonyl (C=O) groups excluding carboxylic acids is 1. The number of anilines is 2. The summed E-state index contributed by atoms with van der Waals surface area (Å²) < 4.78 is 51.0. The third-order valence-corrected chi connectivity index (χ3v) is 7.34. The number of hydrogen-bond donors (Lipinski definition) is 0. The molecule has 3 fully saturated rings. The number of halogens is 3. The number of nitrogens with zero attached hydrogens (tertiary/aromatic N) is 7. The lowest BCUT2D eigenvalue weighted by Crippen LogP contribution is -2.42. The maximum atomic E-state index is 12.9. The number of ether oxygens (including phenoxy) is 2. The van der Waals surface area contributed by atoms with Gasteiger partial charge in [-0.05, 0) is 25.0 Å². The monoisotopic (exact) mass is 503 g/mol. The van der Waals surface area contributed by atoms with Crippen LogP contribution in [0.3, 0.4) is 0 Å². The van der Waals surface area contributed by atoms with Crippen LogP contribution in [0.4, 0.5) is 24.7 Å². The molecule has 0 aromatic carbocycles. The fourth-order valence-corrected chi connectivity index (χ4v) is 5.17. The molecular formula is C23H24F3N7O3. The van der Waals surface area contributed by atoms with E-state index in [1.807, 2.05) is 4.68 Å². The Bertz CT molecular complexity index is 1300. The second-order valence-electron chi connectivity index (χ2n) is 9.59. The first-order chi connectivity index (χ1) is 17.3. The lowest BCUT2D eigenvalue weighted by atomic mass is 9.77. The smallest absolute Gasteiger partial charge is 0.433 e. The topological polar surface area (TPSA) is 98.5 Å². The molecule has 0 aliphatic carbocycles. The first-order valence-electron chi connectivity index (χ1n) is 11.7. The normalized spacial score (nSPS) is 20.4. The highest BCUT2D eigenvalue weighted by molar-refractivity contribution is 5.96. The van der Waals surface area contributed by atoms with E-state index in [-0.39, 0.29) is 17.4 Å². The van der Waals surface area contributed by atoms with Gasteiger partial charge in [-0.1, -0.05) is 0 Å². The average molecular weight is 503 g/mol. The molecule has 1 spiro atoms. The van der Waals surface area contributed by atoms with E-state index in [1.165, 1.54) is 6.07 Å². The first-order valence-corrected chi connectivity index (χ1v) is 11.7. The van der Waals surface area contributed by atoms with Gasteiger partial charge in [-0.25, -0.2) is 19.6 Å². The van der Waals surface area contributed by atoms with E-state index in [4.69, 9.17) is 14.5 Å². The zero-order chi connectivity index (χ0) is 25.1. The van der Waals surface area contributed by atoms with Crippen molar-refractivity contribution < 1.29 is 27.4 Å². The molecule has 6 heterocycles. The van der Waals surface area contributed by atoms with Crippen molar-refractivity contribution in [2.24, 2.45) is 5.41 Å². The van der Waals surface area contributed by atoms with Crippen molar-refractivity contribution in [3.8, 4) is 5.88 Å². The molecule has 6 rings (SSSR count). The zero-order valence-electron chi connectivity index (χ0n) is 19.5. The van der Waals surface area contributed by atoms with Crippen LogP contribution in [-0.4, -0.2) is 70.6 Å². The van der Waals surface area contributed by atoms with Crippen LogP contribution < -0.4 is 14.5 Å². The minimum atomic E-state index is -4.51. The first kappa shape index (κ1) is 23.0. The molecule has 190 valence electrons. The number of carbonyl (C=O) groups is 1. The zero-order valence-corrected chi connectivity index (χ0v) is 19.5. The standard InChI is InChI=1S/C23H24F3N7O3/c1-35-21-19-20(33(30-21)15-11-36-12-15)29-17(10-28-19)31-6-4-22(5-7-31)8-18(34)32(13-22)14-2-3-16(27-9-14)23(24,25)26/h2-3,9-10,15H,4-8,11-13H2,1H3. The minimum Gasteiger partial charge on any atom is -0.478 e. The van der Waals surface area contributed by atoms with Crippen molar-refractivity contribution in [2.75, 3.05) is 49.8 Å². The van der Waals surface area contributed by atoms with Crippen LogP contribution in [0.5, 0.6) is 5.88 Å². The number of rotatable bonds is 4. The molecule has 0 bridgehead atoms. The van der Waals surface area contributed by atoms with Crippen LogP contribution in [0.25, 0.3) is 11.2 Å². The highest BCUT2D eigenvalue weighted by atomic mass is 19.4. The molecule has 1 amide bonds. The highest BCUT2D eigenvalue weighted by Gasteiger charge is 2.46. The predicted molar refractivity (Wildman–Crippen MR) is 122 cm³/mol. The van der Waals surface area contributed by atoms with Gasteiger partial charge in [0.25, 0.3) is 5.88 Å². The maximum absolute atomic E-state index is 12.9. The molecule has 3 aliphatic heterocycles. The molecule has 36 heavy (non-hydrogen) atoms. The van der Waals surface area contributed by atoms with Crippen molar-refractivity contribution in [3.05, 3.63) is 30.2 Å². The number of piperidine rings is 1. The van der Waals surface area contributed by atoms with E-state index in [9.17, 15) is 18.0 Å². The van der Waals surface area contributed by atoms with Crippen molar-refractivity contribution in [2.45, 2.75) is 31.5 Å². The van der Waals surface area contributed by atoms with Crippen molar-refractivity contribution in [1.29, 1.82) is 0 Å². The molecule has 0 N–H and O–H groups in total. The summed E-state index contributed by atoms with van der Waals surface area (Å²) in [6, 6.07) is 2.33. The SMILES string of the molecule is COc1nn(C2COC2)c2nc(N3CCC4(CC3)CC(=O)N(c3ccc(C(F)(F)F)nc3)C4)cnc12. The third-order valence-electron chi connectivity index (χ3n) is 7.34. The van der Waals surface area contributed by atoms with Gasteiger partial charge in [-0.2, -0.15) is 13.2 Å². The summed E-state index contributed by atoms with van der Waals surface area (Å²) in [7, 11) is 1.55. The van der Waals surface area contributed by atoms with Gasteiger partial charge < -0.3 is 19.3 Å². The van der Waals surface area contributed by atoms with E-state index < -0.39 is 11.9 Å². The Morgan fingerprint density at radius 1 is 1.14 bits per heavy atom. The summed E-state index contributed by atoms with van der Waals surface area (Å²) in [4.78, 5) is 29.4. The number of amides is 1. The molecule has 13 heteroatoms. The van der Waals surface area contributed by atoms with Crippen LogP contribution >= 0.6 is 0 Å². The van der Waals surface area contributed by atoms with Gasteiger partial charge in [0.15, 0.2) is 11.2 Å². The van der Waals surface area contributed by atoms with E-state index in [1.54, 1.807) is 18.2 Å². The molecule has 3 aliphatic rings. The highest BCUT2D eigenvalue weighted by Crippen LogP contribution is 2.43. The molecule has 3 saturated heterocycles. The number of hydrogen-bond acceptors (Lipinski definition) is 8. The van der Waals surface area contributed by atoms with Gasteiger partial charge in [-0.3, -0.25) is 4.79 Å².